The molecule has 0 N–H and O–H groups in total. The molecule has 2 aromatic rings. The van der Waals surface area contributed by atoms with Crippen LogP contribution in [0.25, 0.3) is 11.3 Å². The highest BCUT2D eigenvalue weighted by molar-refractivity contribution is 5.59. The third-order valence-electron chi connectivity index (χ3n) is 2.13. The Morgan fingerprint density at radius 1 is 1.00 bits per heavy atom. The lowest BCUT2D eigenvalue weighted by molar-refractivity contribution is 0.509. The average Bonchev–Trinajstić information content (AvgIpc) is 2.22. The fourth-order valence-corrected chi connectivity index (χ4v) is 1.35. The summed E-state index contributed by atoms with van der Waals surface area (Å²) >= 11 is 0. The van der Waals surface area contributed by atoms with Gasteiger partial charge in [0.15, 0.2) is 11.6 Å². The van der Waals surface area contributed by atoms with Crippen molar-refractivity contribution in [2.45, 2.75) is 6.92 Å². The Hall–Kier alpha value is -1.77. The van der Waals surface area contributed by atoms with Gasteiger partial charge in [0.05, 0.1) is 5.69 Å². The number of hydrogen-bond donors (Lipinski definition) is 0. The Morgan fingerprint density at radius 2 is 1.80 bits per heavy atom. The van der Waals surface area contributed by atoms with Crippen molar-refractivity contribution >= 4 is 0 Å². The third-order valence-corrected chi connectivity index (χ3v) is 2.13. The first-order chi connectivity index (χ1) is 7.16. The molecule has 0 radical (unpaired) electrons. The predicted molar refractivity (Wildman–Crippen MR) is 54.3 cm³/mol. The smallest absolute Gasteiger partial charge is 0.159 e. The second kappa shape index (κ2) is 3.77. The van der Waals surface area contributed by atoms with E-state index < -0.39 is 11.6 Å². The Labute approximate surface area is 86.4 Å². The molecule has 0 atom stereocenters. The largest absolute Gasteiger partial charge is 0.256 e. The molecule has 0 saturated carbocycles. The summed E-state index contributed by atoms with van der Waals surface area (Å²) in [4.78, 5) is 4.09. The fourth-order valence-electron chi connectivity index (χ4n) is 1.35. The maximum Gasteiger partial charge on any atom is 0.159 e. The van der Waals surface area contributed by atoms with Crippen LogP contribution in [0.2, 0.25) is 0 Å². The van der Waals surface area contributed by atoms with Gasteiger partial charge in [-0.2, -0.15) is 0 Å². The van der Waals surface area contributed by atoms with E-state index in [4.69, 9.17) is 0 Å². The molecule has 76 valence electrons. The standard InChI is InChI=1S/C12H9F2N/c1-8-4-5-15-12(6-8)9-2-3-10(13)11(14)7-9/h2-7H,1H3. The van der Waals surface area contributed by atoms with Crippen molar-refractivity contribution in [3.8, 4) is 11.3 Å². The molecular formula is C12H9F2N. The van der Waals surface area contributed by atoms with E-state index in [0.29, 0.717) is 11.3 Å². The Kier molecular flexibility index (Phi) is 2.46. The van der Waals surface area contributed by atoms with Crippen LogP contribution in [0.4, 0.5) is 8.78 Å². The molecule has 0 spiro atoms. The van der Waals surface area contributed by atoms with Crippen LogP contribution in [-0.4, -0.2) is 4.98 Å². The SMILES string of the molecule is Cc1ccnc(-c2ccc(F)c(F)c2)c1. The van der Waals surface area contributed by atoms with Gasteiger partial charge in [-0.15, -0.1) is 0 Å². The van der Waals surface area contributed by atoms with Crippen molar-refractivity contribution in [3.63, 3.8) is 0 Å². The van der Waals surface area contributed by atoms with E-state index in [1.54, 1.807) is 6.20 Å². The van der Waals surface area contributed by atoms with Crippen molar-refractivity contribution in [3.05, 3.63) is 53.7 Å². The number of nitrogens with zero attached hydrogens (tertiary/aromatic N) is 1. The fraction of sp³-hybridized carbons (Fsp3) is 0.0833. The average molecular weight is 205 g/mol. The number of halogens is 2. The lowest BCUT2D eigenvalue weighted by Gasteiger charge is -2.02. The molecule has 0 aliphatic heterocycles. The molecule has 0 saturated heterocycles. The van der Waals surface area contributed by atoms with Gasteiger partial charge >= 0.3 is 0 Å². The molecule has 3 heteroatoms. The van der Waals surface area contributed by atoms with Crippen molar-refractivity contribution in [2.24, 2.45) is 0 Å². The Balaban J connectivity index is 2.50. The molecule has 1 heterocycles. The van der Waals surface area contributed by atoms with Crippen molar-refractivity contribution in [2.75, 3.05) is 0 Å². The van der Waals surface area contributed by atoms with Crippen LogP contribution in [0, 0.1) is 18.6 Å². The first kappa shape index (κ1) is 9.77. The lowest BCUT2D eigenvalue weighted by atomic mass is 10.1. The van der Waals surface area contributed by atoms with Gasteiger partial charge in [0.2, 0.25) is 0 Å². The van der Waals surface area contributed by atoms with Crippen LogP contribution in [0.1, 0.15) is 5.56 Å². The highest BCUT2D eigenvalue weighted by Crippen LogP contribution is 2.19. The quantitative estimate of drug-likeness (QED) is 0.695. The summed E-state index contributed by atoms with van der Waals surface area (Å²) in [5, 5.41) is 0. The molecule has 1 nitrogen and oxygen atoms in total. The highest BCUT2D eigenvalue weighted by atomic mass is 19.2. The Bertz CT molecular complexity index is 495. The van der Waals surface area contributed by atoms with E-state index in [9.17, 15) is 8.78 Å². The van der Waals surface area contributed by atoms with Gasteiger partial charge in [-0.1, -0.05) is 0 Å². The maximum absolute atomic E-state index is 13.0. The summed E-state index contributed by atoms with van der Waals surface area (Å²) < 4.78 is 25.7. The number of aryl methyl sites for hydroxylation is 1. The van der Waals surface area contributed by atoms with Gasteiger partial charge in [0.1, 0.15) is 0 Å². The molecule has 1 aromatic heterocycles. The summed E-state index contributed by atoms with van der Waals surface area (Å²) in [5.41, 5.74) is 2.26. The first-order valence-corrected chi connectivity index (χ1v) is 4.55. The molecular weight excluding hydrogens is 196 g/mol. The van der Waals surface area contributed by atoms with Crippen molar-refractivity contribution < 1.29 is 8.78 Å². The van der Waals surface area contributed by atoms with Crippen LogP contribution in [0.15, 0.2) is 36.5 Å². The molecule has 15 heavy (non-hydrogen) atoms. The van der Waals surface area contributed by atoms with Crippen LogP contribution in [0.3, 0.4) is 0 Å². The van der Waals surface area contributed by atoms with Crippen molar-refractivity contribution in [1.82, 2.24) is 4.98 Å². The van der Waals surface area contributed by atoms with E-state index >= 15 is 0 Å². The van der Waals surface area contributed by atoms with Gasteiger partial charge in [0, 0.05) is 11.8 Å². The van der Waals surface area contributed by atoms with Crippen molar-refractivity contribution in [1.29, 1.82) is 0 Å². The number of aromatic nitrogens is 1. The predicted octanol–water partition coefficient (Wildman–Crippen LogP) is 3.34. The zero-order valence-electron chi connectivity index (χ0n) is 8.17. The molecule has 2 rings (SSSR count). The zero-order valence-corrected chi connectivity index (χ0v) is 8.17. The van der Waals surface area contributed by atoms with Crippen LogP contribution in [0.5, 0.6) is 0 Å². The van der Waals surface area contributed by atoms with E-state index in [0.717, 1.165) is 17.7 Å². The van der Waals surface area contributed by atoms with Gasteiger partial charge in [-0.25, -0.2) is 8.78 Å². The molecule has 0 bridgehead atoms. The van der Waals surface area contributed by atoms with Crippen LogP contribution in [-0.2, 0) is 0 Å². The molecule has 0 unspecified atom stereocenters. The van der Waals surface area contributed by atoms with E-state index in [1.165, 1.54) is 6.07 Å². The number of benzene rings is 1. The minimum Gasteiger partial charge on any atom is -0.256 e. The minimum absolute atomic E-state index is 0.581. The van der Waals surface area contributed by atoms with E-state index in [1.807, 2.05) is 19.1 Å². The second-order valence-electron chi connectivity index (χ2n) is 3.35. The van der Waals surface area contributed by atoms with E-state index in [-0.39, 0.29) is 0 Å². The molecule has 0 fully saturated rings. The number of pyridine rings is 1. The highest BCUT2D eigenvalue weighted by Gasteiger charge is 2.05. The zero-order chi connectivity index (χ0) is 10.8. The van der Waals surface area contributed by atoms with Gasteiger partial charge in [-0.05, 0) is 42.8 Å². The monoisotopic (exact) mass is 205 g/mol. The van der Waals surface area contributed by atoms with Gasteiger partial charge in [-0.3, -0.25) is 4.98 Å². The second-order valence-corrected chi connectivity index (χ2v) is 3.35. The van der Waals surface area contributed by atoms with Gasteiger partial charge in [0.25, 0.3) is 0 Å². The van der Waals surface area contributed by atoms with Crippen LogP contribution < -0.4 is 0 Å². The first-order valence-electron chi connectivity index (χ1n) is 4.55. The summed E-state index contributed by atoms with van der Waals surface area (Å²) in [5.74, 6) is -1.69. The lowest BCUT2D eigenvalue weighted by Crippen LogP contribution is -1.88. The summed E-state index contributed by atoms with van der Waals surface area (Å²) in [6.07, 6.45) is 1.64. The van der Waals surface area contributed by atoms with Gasteiger partial charge < -0.3 is 0 Å². The number of rotatable bonds is 1. The maximum atomic E-state index is 13.0. The normalized spacial score (nSPS) is 10.3. The van der Waals surface area contributed by atoms with E-state index in [2.05, 4.69) is 4.98 Å². The summed E-state index contributed by atoms with van der Waals surface area (Å²) in [6, 6.07) is 7.45. The topological polar surface area (TPSA) is 12.9 Å². The molecule has 0 amide bonds. The summed E-state index contributed by atoms with van der Waals surface area (Å²) in [7, 11) is 0. The molecule has 0 aliphatic carbocycles. The Morgan fingerprint density at radius 3 is 2.47 bits per heavy atom. The van der Waals surface area contributed by atoms with Crippen LogP contribution >= 0.6 is 0 Å². The minimum atomic E-state index is -0.851. The molecule has 1 aromatic carbocycles. The summed E-state index contributed by atoms with van der Waals surface area (Å²) in [6.45, 7) is 1.92. The number of hydrogen-bond acceptors (Lipinski definition) is 1. The molecule has 0 aliphatic rings. The third kappa shape index (κ3) is 2.01.